The summed E-state index contributed by atoms with van der Waals surface area (Å²) in [6.07, 6.45) is 4.30. The largest absolute Gasteiger partial charge is 0.508 e. The summed E-state index contributed by atoms with van der Waals surface area (Å²) in [6.45, 7) is 3.56. The van der Waals surface area contributed by atoms with Crippen molar-refractivity contribution in [2.24, 2.45) is 17.8 Å². The molecule has 4 atom stereocenters. The van der Waals surface area contributed by atoms with Gasteiger partial charge in [0.25, 0.3) is 0 Å². The number of allylic oxidation sites excluding steroid dienone is 2. The molecule has 206 valence electrons. The summed E-state index contributed by atoms with van der Waals surface area (Å²) in [5.74, 6) is -2.79. The Balaban J connectivity index is 1.55. The van der Waals surface area contributed by atoms with E-state index in [-0.39, 0.29) is 29.4 Å². The molecule has 4 rings (SSSR count). The van der Waals surface area contributed by atoms with Gasteiger partial charge in [0.15, 0.2) is 0 Å². The number of hydrogen-bond donors (Lipinski definition) is 5. The second-order valence-corrected chi connectivity index (χ2v) is 10.5. The van der Waals surface area contributed by atoms with Crippen molar-refractivity contribution in [1.29, 1.82) is 0 Å². The number of benzene rings is 2. The van der Waals surface area contributed by atoms with Gasteiger partial charge >= 0.3 is 7.12 Å². The Kier molecular flexibility index (Phi) is 9.07. The minimum absolute atomic E-state index is 0.162. The van der Waals surface area contributed by atoms with Gasteiger partial charge in [0, 0.05) is 5.92 Å². The number of fused-ring (bicyclic) bond motifs is 1. The molecule has 0 bridgehead atoms. The van der Waals surface area contributed by atoms with Crippen molar-refractivity contribution in [2.45, 2.75) is 52.1 Å². The average molecular weight is 533 g/mol. The minimum atomic E-state index is -1.74. The van der Waals surface area contributed by atoms with Crippen LogP contribution in [-0.2, 0) is 9.59 Å². The van der Waals surface area contributed by atoms with E-state index in [1.165, 1.54) is 12.1 Å². The van der Waals surface area contributed by atoms with Crippen molar-refractivity contribution < 1.29 is 35.0 Å². The first-order chi connectivity index (χ1) is 18.7. The van der Waals surface area contributed by atoms with Gasteiger partial charge in [-0.25, -0.2) is 0 Å². The SMILES string of the molecule is CCC/C(=C\c1ccc(O)cc1)CC[C@@H](O)C1=C(C)C[C@H]2C(=O)N(c3cccc(B(O)O)c3)C(=O)[C@H]2[C@H]1CO. The fraction of sp³-hybridized carbons (Fsp3) is 0.400. The molecule has 0 saturated carbocycles. The van der Waals surface area contributed by atoms with E-state index in [0.29, 0.717) is 24.8 Å². The third-order valence-corrected chi connectivity index (χ3v) is 7.88. The lowest BCUT2D eigenvalue weighted by atomic mass is 9.68. The number of amides is 2. The Labute approximate surface area is 229 Å². The van der Waals surface area contributed by atoms with Crippen molar-refractivity contribution in [2.75, 3.05) is 11.5 Å². The number of rotatable bonds is 10. The first-order valence-electron chi connectivity index (χ1n) is 13.5. The van der Waals surface area contributed by atoms with Crippen LogP contribution in [0.15, 0.2) is 65.3 Å². The molecule has 1 saturated heterocycles. The van der Waals surface area contributed by atoms with Crippen molar-refractivity contribution in [1.82, 2.24) is 0 Å². The molecule has 9 heteroatoms. The van der Waals surface area contributed by atoms with Crippen molar-refractivity contribution >= 4 is 36.2 Å². The highest BCUT2D eigenvalue weighted by atomic mass is 16.4. The van der Waals surface area contributed by atoms with Gasteiger partial charge in [-0.05, 0) is 73.5 Å². The predicted molar refractivity (Wildman–Crippen MR) is 150 cm³/mol. The van der Waals surface area contributed by atoms with Crippen molar-refractivity contribution in [3.05, 3.63) is 70.8 Å². The number of phenols is 1. The maximum absolute atomic E-state index is 13.6. The molecule has 1 aliphatic heterocycles. The van der Waals surface area contributed by atoms with Gasteiger partial charge < -0.3 is 25.4 Å². The van der Waals surface area contributed by atoms with E-state index in [0.717, 1.165) is 34.5 Å². The van der Waals surface area contributed by atoms with Crippen LogP contribution in [-0.4, -0.2) is 57.0 Å². The predicted octanol–water partition coefficient (Wildman–Crippen LogP) is 2.53. The Morgan fingerprint density at radius 2 is 1.82 bits per heavy atom. The van der Waals surface area contributed by atoms with Gasteiger partial charge in [0.2, 0.25) is 11.8 Å². The first kappa shape index (κ1) is 28.8. The second-order valence-electron chi connectivity index (χ2n) is 10.5. The maximum Gasteiger partial charge on any atom is 0.488 e. The highest BCUT2D eigenvalue weighted by molar-refractivity contribution is 6.58. The van der Waals surface area contributed by atoms with E-state index in [1.807, 2.05) is 19.1 Å². The molecule has 2 aliphatic rings. The Morgan fingerprint density at radius 1 is 1.10 bits per heavy atom. The zero-order valence-electron chi connectivity index (χ0n) is 22.3. The minimum Gasteiger partial charge on any atom is -0.508 e. The fourth-order valence-corrected chi connectivity index (χ4v) is 6.07. The molecule has 1 aliphatic carbocycles. The molecule has 1 fully saturated rings. The zero-order chi connectivity index (χ0) is 28.3. The standard InChI is InChI=1S/C30H36BNO7/c1-3-5-19(15-20-8-11-23(34)12-9-20)10-13-26(35)27-18(2)14-24-28(25(27)17-33)30(37)32(29(24)36)22-7-4-6-21(16-22)31(38)39/h4,6-9,11-12,15-16,24-26,28,33-35,38-39H,3,5,10,13-14,17H2,1-2H3/b19-15+/t24-,25+,26-,28-/m1/s1. The van der Waals surface area contributed by atoms with Crippen LogP contribution in [0, 0.1) is 17.8 Å². The van der Waals surface area contributed by atoms with E-state index in [1.54, 1.807) is 24.3 Å². The van der Waals surface area contributed by atoms with Crippen LogP contribution in [0.1, 0.15) is 51.5 Å². The normalized spacial score (nSPS) is 22.4. The summed E-state index contributed by atoms with van der Waals surface area (Å²) >= 11 is 0. The number of carbonyl (C=O) groups is 2. The molecule has 2 aromatic rings. The quantitative estimate of drug-likeness (QED) is 0.180. The van der Waals surface area contributed by atoms with Crippen molar-refractivity contribution in [3.8, 4) is 5.75 Å². The molecule has 1 heterocycles. The van der Waals surface area contributed by atoms with Gasteiger partial charge in [0.05, 0.1) is 30.2 Å². The first-order valence-corrected chi connectivity index (χ1v) is 13.5. The molecule has 0 aromatic heterocycles. The second kappa shape index (κ2) is 12.3. The number of aromatic hydroxyl groups is 1. The van der Waals surface area contributed by atoms with Crippen LogP contribution in [0.25, 0.3) is 6.08 Å². The topological polar surface area (TPSA) is 139 Å². The molecule has 5 N–H and O–H groups in total. The molecular formula is C30H36BNO7. The summed E-state index contributed by atoms with van der Waals surface area (Å²) in [4.78, 5) is 28.1. The third-order valence-electron chi connectivity index (χ3n) is 7.88. The van der Waals surface area contributed by atoms with Gasteiger partial charge in [-0.2, -0.15) is 0 Å². The van der Waals surface area contributed by atoms with Gasteiger partial charge in [-0.3, -0.25) is 14.5 Å². The van der Waals surface area contributed by atoms with Crippen LogP contribution in [0.4, 0.5) is 5.69 Å². The lowest BCUT2D eigenvalue weighted by Crippen LogP contribution is -2.39. The summed E-state index contributed by atoms with van der Waals surface area (Å²) in [7, 11) is -1.74. The van der Waals surface area contributed by atoms with Crippen molar-refractivity contribution in [3.63, 3.8) is 0 Å². The number of imide groups is 1. The number of hydrogen-bond acceptors (Lipinski definition) is 7. The van der Waals surface area contributed by atoms with E-state index in [2.05, 4.69) is 13.0 Å². The smallest absolute Gasteiger partial charge is 0.488 e. The summed E-state index contributed by atoms with van der Waals surface area (Å²) < 4.78 is 0. The number of aliphatic hydroxyl groups is 2. The fourth-order valence-electron chi connectivity index (χ4n) is 6.07. The number of carbonyl (C=O) groups excluding carboxylic acids is 2. The molecule has 39 heavy (non-hydrogen) atoms. The number of aliphatic hydroxyl groups excluding tert-OH is 2. The molecule has 0 unspecified atom stereocenters. The van der Waals surface area contributed by atoms with Gasteiger partial charge in [-0.1, -0.05) is 54.8 Å². The lowest BCUT2D eigenvalue weighted by molar-refractivity contribution is -0.123. The molecule has 0 radical (unpaired) electrons. The van der Waals surface area contributed by atoms with Gasteiger partial charge in [0.1, 0.15) is 5.75 Å². The van der Waals surface area contributed by atoms with Crippen LogP contribution in [0.3, 0.4) is 0 Å². The third kappa shape index (κ3) is 6.02. The molecule has 2 amide bonds. The molecule has 8 nitrogen and oxygen atoms in total. The Hall–Kier alpha value is -3.24. The number of nitrogens with zero attached hydrogens (tertiary/aromatic N) is 1. The lowest BCUT2D eigenvalue weighted by Gasteiger charge is -2.35. The monoisotopic (exact) mass is 533 g/mol. The highest BCUT2D eigenvalue weighted by Gasteiger charge is 2.54. The highest BCUT2D eigenvalue weighted by Crippen LogP contribution is 2.47. The van der Waals surface area contributed by atoms with E-state index < -0.39 is 36.9 Å². The summed E-state index contributed by atoms with van der Waals surface area (Å²) in [6, 6.07) is 12.9. The van der Waals surface area contributed by atoms with Crippen LogP contribution in [0.2, 0.25) is 0 Å². The summed E-state index contributed by atoms with van der Waals surface area (Å²) in [5.41, 5.74) is 3.97. The average Bonchev–Trinajstić information content (AvgIpc) is 3.16. The van der Waals surface area contributed by atoms with Crippen LogP contribution < -0.4 is 10.4 Å². The molecule has 2 aromatic carbocycles. The maximum atomic E-state index is 13.6. The van der Waals surface area contributed by atoms with E-state index in [9.17, 15) is 35.0 Å². The van der Waals surface area contributed by atoms with E-state index >= 15 is 0 Å². The summed E-state index contributed by atoms with van der Waals surface area (Å²) in [5, 5.41) is 50.4. The Bertz CT molecular complexity index is 1270. The number of anilines is 1. The molecular weight excluding hydrogens is 497 g/mol. The van der Waals surface area contributed by atoms with Gasteiger partial charge in [-0.15, -0.1) is 0 Å². The molecule has 0 spiro atoms. The number of phenolic OH excluding ortho intramolecular Hbond substituents is 1. The van der Waals surface area contributed by atoms with E-state index in [4.69, 9.17) is 0 Å². The zero-order valence-corrected chi connectivity index (χ0v) is 22.3. The van der Waals surface area contributed by atoms with Crippen LogP contribution >= 0.6 is 0 Å². The Morgan fingerprint density at radius 3 is 2.46 bits per heavy atom. The van der Waals surface area contributed by atoms with Crippen LogP contribution in [0.5, 0.6) is 5.75 Å².